The largest absolute Gasteiger partial charge is 0.506 e. The van der Waals surface area contributed by atoms with E-state index >= 15 is 0 Å². The maximum absolute atomic E-state index is 10.6. The summed E-state index contributed by atoms with van der Waals surface area (Å²) in [5, 5.41) is 9.56. The Bertz CT molecular complexity index is 352. The molecule has 0 aliphatic rings. The number of benzene rings is 1. The van der Waals surface area contributed by atoms with Gasteiger partial charge in [-0.05, 0) is 11.6 Å². The predicted octanol–water partition coefficient (Wildman–Crippen LogP) is 1.73. The van der Waals surface area contributed by atoms with Crippen molar-refractivity contribution in [3.63, 3.8) is 0 Å². The van der Waals surface area contributed by atoms with Gasteiger partial charge in [-0.1, -0.05) is 23.2 Å². The van der Waals surface area contributed by atoms with Crippen molar-refractivity contribution in [1.82, 2.24) is 0 Å². The molecular formula is C8H7Cl2NO2. The average molecular weight is 220 g/mol. The molecule has 0 saturated heterocycles. The van der Waals surface area contributed by atoms with Gasteiger partial charge in [0.25, 0.3) is 0 Å². The van der Waals surface area contributed by atoms with Crippen molar-refractivity contribution >= 4 is 29.1 Å². The first-order valence-electron chi connectivity index (χ1n) is 3.46. The van der Waals surface area contributed by atoms with E-state index in [0.717, 1.165) is 0 Å². The quantitative estimate of drug-likeness (QED) is 0.796. The summed E-state index contributed by atoms with van der Waals surface area (Å²) in [4.78, 5) is 10.6. The molecule has 0 heterocycles. The predicted molar refractivity (Wildman–Crippen MR) is 51.0 cm³/mol. The molecule has 0 bridgehead atoms. The Morgan fingerprint density at radius 2 is 2.00 bits per heavy atom. The van der Waals surface area contributed by atoms with Gasteiger partial charge in [0.05, 0.1) is 11.4 Å². The summed E-state index contributed by atoms with van der Waals surface area (Å²) < 4.78 is 0. The number of carbonyl (C=O) groups is 1. The van der Waals surface area contributed by atoms with E-state index in [1.165, 1.54) is 12.1 Å². The van der Waals surface area contributed by atoms with E-state index in [2.05, 4.69) is 0 Å². The lowest BCUT2D eigenvalue weighted by Crippen LogP contribution is -2.13. The second kappa shape index (κ2) is 3.85. The lowest BCUT2D eigenvalue weighted by atomic mass is 10.1. The molecular weight excluding hydrogens is 213 g/mol. The summed E-state index contributed by atoms with van der Waals surface area (Å²) in [5.74, 6) is -0.608. The van der Waals surface area contributed by atoms with Gasteiger partial charge in [-0.2, -0.15) is 0 Å². The summed E-state index contributed by atoms with van der Waals surface area (Å²) in [6, 6.07) is 2.70. The molecule has 3 nitrogen and oxygen atoms in total. The normalized spacial score (nSPS) is 10.0. The molecule has 0 aliphatic carbocycles. The molecule has 0 fully saturated rings. The summed E-state index contributed by atoms with van der Waals surface area (Å²) >= 11 is 11.3. The third-order valence-electron chi connectivity index (χ3n) is 1.48. The minimum absolute atomic E-state index is 0.0127. The van der Waals surface area contributed by atoms with Crippen LogP contribution in [-0.2, 0) is 11.2 Å². The first kappa shape index (κ1) is 10.2. The molecule has 0 aliphatic heterocycles. The fourth-order valence-electron chi connectivity index (χ4n) is 0.901. The molecule has 1 amide bonds. The van der Waals surface area contributed by atoms with Crippen molar-refractivity contribution in [2.24, 2.45) is 5.73 Å². The molecule has 3 N–H and O–H groups in total. The molecule has 0 aromatic heterocycles. The topological polar surface area (TPSA) is 63.3 Å². The Morgan fingerprint density at radius 1 is 1.38 bits per heavy atom. The summed E-state index contributed by atoms with van der Waals surface area (Å²) in [6.45, 7) is 0. The van der Waals surface area contributed by atoms with Gasteiger partial charge in [-0.3, -0.25) is 4.79 Å². The van der Waals surface area contributed by atoms with Gasteiger partial charge in [-0.15, -0.1) is 0 Å². The van der Waals surface area contributed by atoms with Crippen LogP contribution in [-0.4, -0.2) is 11.0 Å². The molecule has 70 valence electrons. The van der Waals surface area contributed by atoms with Gasteiger partial charge in [0.2, 0.25) is 5.91 Å². The van der Waals surface area contributed by atoms with E-state index in [1.54, 1.807) is 0 Å². The van der Waals surface area contributed by atoms with E-state index in [0.29, 0.717) is 5.56 Å². The molecule has 0 spiro atoms. The Hall–Kier alpha value is -0.930. The number of hydrogen-bond donors (Lipinski definition) is 2. The number of carbonyl (C=O) groups excluding carboxylic acids is 1. The van der Waals surface area contributed by atoms with Crippen molar-refractivity contribution in [3.8, 4) is 5.75 Å². The van der Waals surface area contributed by atoms with Crippen LogP contribution in [0.5, 0.6) is 5.75 Å². The van der Waals surface area contributed by atoms with E-state index in [-0.39, 0.29) is 22.2 Å². The number of phenolic OH excluding ortho intramolecular Hbond substituents is 1. The van der Waals surface area contributed by atoms with Crippen molar-refractivity contribution in [2.75, 3.05) is 0 Å². The van der Waals surface area contributed by atoms with Gasteiger partial charge < -0.3 is 10.8 Å². The third kappa shape index (κ3) is 2.50. The Balaban J connectivity index is 3.08. The van der Waals surface area contributed by atoms with Crippen LogP contribution in [0.25, 0.3) is 0 Å². The molecule has 0 unspecified atom stereocenters. The van der Waals surface area contributed by atoms with Crippen LogP contribution in [0.2, 0.25) is 10.0 Å². The van der Waals surface area contributed by atoms with Gasteiger partial charge in [0.1, 0.15) is 5.75 Å². The van der Waals surface area contributed by atoms with Gasteiger partial charge in [0, 0.05) is 11.1 Å². The second-order valence-corrected chi connectivity index (χ2v) is 3.35. The zero-order valence-electron chi connectivity index (χ0n) is 6.55. The Kier molecular flexibility index (Phi) is 3.01. The van der Waals surface area contributed by atoms with Crippen LogP contribution in [0.4, 0.5) is 0 Å². The SMILES string of the molecule is NC(=O)Cc1cc(Cl)c(O)cc1Cl. The van der Waals surface area contributed by atoms with Crippen LogP contribution in [0.15, 0.2) is 12.1 Å². The number of rotatable bonds is 2. The van der Waals surface area contributed by atoms with E-state index in [9.17, 15) is 4.79 Å². The van der Waals surface area contributed by atoms with E-state index < -0.39 is 5.91 Å². The molecule has 0 atom stereocenters. The minimum Gasteiger partial charge on any atom is -0.506 e. The van der Waals surface area contributed by atoms with Crippen molar-refractivity contribution < 1.29 is 9.90 Å². The lowest BCUT2D eigenvalue weighted by molar-refractivity contribution is -0.117. The highest BCUT2D eigenvalue weighted by Crippen LogP contribution is 2.30. The monoisotopic (exact) mass is 219 g/mol. The minimum atomic E-state index is -0.497. The van der Waals surface area contributed by atoms with E-state index in [1.807, 2.05) is 0 Å². The molecule has 0 saturated carbocycles. The molecule has 1 rings (SSSR count). The molecule has 0 radical (unpaired) electrons. The van der Waals surface area contributed by atoms with Crippen LogP contribution >= 0.6 is 23.2 Å². The third-order valence-corrected chi connectivity index (χ3v) is 2.14. The van der Waals surface area contributed by atoms with Gasteiger partial charge in [0.15, 0.2) is 0 Å². The van der Waals surface area contributed by atoms with Crippen molar-refractivity contribution in [3.05, 3.63) is 27.7 Å². The highest BCUT2D eigenvalue weighted by molar-refractivity contribution is 6.34. The number of hydrogen-bond acceptors (Lipinski definition) is 2. The van der Waals surface area contributed by atoms with Crippen LogP contribution in [0.3, 0.4) is 0 Å². The number of aromatic hydroxyl groups is 1. The number of amides is 1. The number of phenols is 1. The second-order valence-electron chi connectivity index (χ2n) is 2.54. The van der Waals surface area contributed by atoms with Crippen LogP contribution in [0.1, 0.15) is 5.56 Å². The number of halogens is 2. The smallest absolute Gasteiger partial charge is 0.221 e. The highest BCUT2D eigenvalue weighted by atomic mass is 35.5. The summed E-state index contributed by atoms with van der Waals surface area (Å²) in [7, 11) is 0. The fourth-order valence-corrected chi connectivity index (χ4v) is 1.31. The number of nitrogens with two attached hydrogens (primary N) is 1. The first-order chi connectivity index (χ1) is 6.00. The maximum atomic E-state index is 10.6. The zero-order valence-corrected chi connectivity index (χ0v) is 8.06. The highest BCUT2D eigenvalue weighted by Gasteiger charge is 2.08. The molecule has 5 heteroatoms. The van der Waals surface area contributed by atoms with Crippen LogP contribution < -0.4 is 5.73 Å². The standard InChI is InChI=1S/C8H7Cl2NO2/c9-5-3-7(12)6(10)1-4(5)2-8(11)13/h1,3,12H,2H2,(H2,11,13). The lowest BCUT2D eigenvalue weighted by Gasteiger charge is -2.03. The Morgan fingerprint density at radius 3 is 2.54 bits per heavy atom. The average Bonchev–Trinajstić information content (AvgIpc) is 1.99. The van der Waals surface area contributed by atoms with Gasteiger partial charge in [-0.25, -0.2) is 0 Å². The van der Waals surface area contributed by atoms with Crippen molar-refractivity contribution in [2.45, 2.75) is 6.42 Å². The fraction of sp³-hybridized carbons (Fsp3) is 0.125. The maximum Gasteiger partial charge on any atom is 0.221 e. The van der Waals surface area contributed by atoms with Crippen molar-refractivity contribution in [1.29, 1.82) is 0 Å². The Labute approximate surface area is 85.1 Å². The zero-order chi connectivity index (χ0) is 10.0. The summed E-state index contributed by atoms with van der Waals surface area (Å²) in [5.41, 5.74) is 5.49. The van der Waals surface area contributed by atoms with Gasteiger partial charge >= 0.3 is 0 Å². The molecule has 1 aromatic carbocycles. The molecule has 1 aromatic rings. The molecule has 13 heavy (non-hydrogen) atoms. The number of primary amides is 1. The van der Waals surface area contributed by atoms with Crippen LogP contribution in [0, 0.1) is 0 Å². The first-order valence-corrected chi connectivity index (χ1v) is 4.21. The summed E-state index contributed by atoms with van der Waals surface area (Å²) in [6.07, 6.45) is 0.0127. The van der Waals surface area contributed by atoms with E-state index in [4.69, 9.17) is 34.0 Å².